The summed E-state index contributed by atoms with van der Waals surface area (Å²) in [7, 11) is 0. The Bertz CT molecular complexity index is 547. The zero-order valence-electron chi connectivity index (χ0n) is 12.2. The normalized spacial score (nSPS) is 18.4. The van der Waals surface area contributed by atoms with Crippen molar-refractivity contribution in [3.63, 3.8) is 0 Å². The molecule has 0 bridgehead atoms. The van der Waals surface area contributed by atoms with Gasteiger partial charge in [0.25, 0.3) is 0 Å². The number of esters is 1. The Labute approximate surface area is 123 Å². The lowest BCUT2D eigenvalue weighted by Gasteiger charge is -2.32. The van der Waals surface area contributed by atoms with Crippen molar-refractivity contribution < 1.29 is 14.5 Å². The molecule has 1 fully saturated rings. The van der Waals surface area contributed by atoms with Crippen LogP contribution in [-0.2, 0) is 9.53 Å². The van der Waals surface area contributed by atoms with Crippen LogP contribution < -0.4 is 4.90 Å². The summed E-state index contributed by atoms with van der Waals surface area (Å²) in [4.78, 5) is 28.6. The predicted octanol–water partition coefficient (Wildman–Crippen LogP) is 2.08. The molecule has 0 radical (unpaired) electrons. The number of piperidine rings is 1. The Kier molecular flexibility index (Phi) is 4.72. The lowest BCUT2D eigenvalue weighted by molar-refractivity contribution is -0.384. The molecule has 0 saturated carbocycles. The lowest BCUT2D eigenvalue weighted by atomic mass is 9.98. The molecule has 1 atom stereocenters. The number of anilines is 1. The number of carbonyl (C=O) groups excluding carboxylic acids is 1. The van der Waals surface area contributed by atoms with Crippen molar-refractivity contribution in [3.8, 4) is 0 Å². The summed E-state index contributed by atoms with van der Waals surface area (Å²) in [5.74, 6) is -0.155. The fourth-order valence-corrected chi connectivity index (χ4v) is 2.55. The van der Waals surface area contributed by atoms with E-state index in [9.17, 15) is 14.9 Å². The Hall–Kier alpha value is -2.18. The fraction of sp³-hybridized carbons (Fsp3) is 0.571. The van der Waals surface area contributed by atoms with E-state index in [2.05, 4.69) is 4.98 Å². The highest BCUT2D eigenvalue weighted by atomic mass is 16.6. The number of nitro groups is 1. The molecule has 7 heteroatoms. The molecule has 0 amide bonds. The van der Waals surface area contributed by atoms with Gasteiger partial charge >= 0.3 is 11.7 Å². The van der Waals surface area contributed by atoms with Crippen LogP contribution in [0.1, 0.15) is 25.3 Å². The minimum atomic E-state index is -0.427. The van der Waals surface area contributed by atoms with Crippen molar-refractivity contribution in [2.75, 3.05) is 24.6 Å². The number of rotatable bonds is 4. The number of hydrogen-bond acceptors (Lipinski definition) is 6. The SMILES string of the molecule is CCOC(=O)C1CCCN(c2ncc(C)cc2[N+](=O)[O-])C1. The second-order valence-corrected chi connectivity index (χ2v) is 5.15. The first-order valence-electron chi connectivity index (χ1n) is 7.05. The number of carbonyl (C=O) groups is 1. The highest BCUT2D eigenvalue weighted by Gasteiger charge is 2.30. The molecule has 2 rings (SSSR count). The molecule has 1 aromatic heterocycles. The Morgan fingerprint density at radius 3 is 3.05 bits per heavy atom. The first-order valence-corrected chi connectivity index (χ1v) is 7.05. The van der Waals surface area contributed by atoms with Gasteiger partial charge in [0.2, 0.25) is 5.82 Å². The minimum Gasteiger partial charge on any atom is -0.466 e. The Morgan fingerprint density at radius 2 is 2.38 bits per heavy atom. The summed E-state index contributed by atoms with van der Waals surface area (Å²) < 4.78 is 5.04. The number of aryl methyl sites for hydroxylation is 1. The quantitative estimate of drug-likeness (QED) is 0.480. The van der Waals surface area contributed by atoms with Gasteiger partial charge in [-0.1, -0.05) is 0 Å². The van der Waals surface area contributed by atoms with Crippen molar-refractivity contribution >= 4 is 17.5 Å². The van der Waals surface area contributed by atoms with E-state index in [-0.39, 0.29) is 17.6 Å². The van der Waals surface area contributed by atoms with E-state index in [1.165, 1.54) is 6.07 Å². The number of nitrogens with zero attached hydrogens (tertiary/aromatic N) is 3. The van der Waals surface area contributed by atoms with Crippen LogP contribution in [0.15, 0.2) is 12.3 Å². The molecule has 1 aliphatic heterocycles. The number of hydrogen-bond donors (Lipinski definition) is 0. The average Bonchev–Trinajstić information content (AvgIpc) is 2.47. The van der Waals surface area contributed by atoms with Gasteiger partial charge in [0.15, 0.2) is 0 Å². The molecule has 1 aromatic rings. The van der Waals surface area contributed by atoms with E-state index in [0.717, 1.165) is 18.4 Å². The standard InChI is InChI=1S/C14H19N3O4/c1-3-21-14(18)11-5-4-6-16(9-11)13-12(17(19)20)7-10(2)8-15-13/h7-8,11H,3-6,9H2,1-2H3. The number of aromatic nitrogens is 1. The fourth-order valence-electron chi connectivity index (χ4n) is 2.55. The van der Waals surface area contributed by atoms with E-state index in [1.54, 1.807) is 20.0 Å². The molecule has 2 heterocycles. The molecular formula is C14H19N3O4. The Balaban J connectivity index is 2.22. The second-order valence-electron chi connectivity index (χ2n) is 5.15. The van der Waals surface area contributed by atoms with Crippen molar-refractivity contribution in [2.24, 2.45) is 5.92 Å². The summed E-state index contributed by atoms with van der Waals surface area (Å²) in [6, 6.07) is 1.51. The molecule has 1 unspecified atom stereocenters. The maximum atomic E-state index is 11.8. The van der Waals surface area contributed by atoms with E-state index in [1.807, 2.05) is 4.90 Å². The second kappa shape index (κ2) is 6.51. The van der Waals surface area contributed by atoms with Gasteiger partial charge in [-0.25, -0.2) is 4.98 Å². The third-order valence-corrected chi connectivity index (χ3v) is 3.52. The van der Waals surface area contributed by atoms with E-state index >= 15 is 0 Å². The first-order chi connectivity index (χ1) is 10.0. The van der Waals surface area contributed by atoms with Gasteiger partial charge in [-0.15, -0.1) is 0 Å². The van der Waals surface area contributed by atoms with Crippen molar-refractivity contribution in [1.82, 2.24) is 4.98 Å². The van der Waals surface area contributed by atoms with Gasteiger partial charge in [0, 0.05) is 25.4 Å². The van der Waals surface area contributed by atoms with Crippen LogP contribution in [-0.4, -0.2) is 35.6 Å². The number of pyridine rings is 1. The number of ether oxygens (including phenoxy) is 1. The van der Waals surface area contributed by atoms with Crippen LogP contribution in [0, 0.1) is 23.0 Å². The van der Waals surface area contributed by atoms with Gasteiger partial charge in [-0.2, -0.15) is 0 Å². The third kappa shape index (κ3) is 3.48. The lowest BCUT2D eigenvalue weighted by Crippen LogP contribution is -2.40. The van der Waals surface area contributed by atoms with E-state index < -0.39 is 4.92 Å². The highest BCUT2D eigenvalue weighted by Crippen LogP contribution is 2.30. The summed E-state index contributed by atoms with van der Waals surface area (Å²) in [5.41, 5.74) is 0.726. The van der Waals surface area contributed by atoms with Crippen molar-refractivity contribution in [2.45, 2.75) is 26.7 Å². The van der Waals surface area contributed by atoms with E-state index in [4.69, 9.17) is 4.74 Å². The molecule has 21 heavy (non-hydrogen) atoms. The van der Waals surface area contributed by atoms with Crippen molar-refractivity contribution in [1.29, 1.82) is 0 Å². The molecule has 1 saturated heterocycles. The monoisotopic (exact) mass is 293 g/mol. The maximum Gasteiger partial charge on any atom is 0.311 e. The van der Waals surface area contributed by atoms with Crippen LogP contribution in [0.2, 0.25) is 0 Å². The van der Waals surface area contributed by atoms with Crippen LogP contribution in [0.4, 0.5) is 11.5 Å². The average molecular weight is 293 g/mol. The summed E-state index contributed by atoms with van der Waals surface area (Å²) in [6.45, 7) is 4.95. The maximum absolute atomic E-state index is 11.8. The minimum absolute atomic E-state index is 0.0143. The third-order valence-electron chi connectivity index (χ3n) is 3.52. The van der Waals surface area contributed by atoms with Crippen LogP contribution in [0.25, 0.3) is 0 Å². The summed E-state index contributed by atoms with van der Waals surface area (Å²) in [6.07, 6.45) is 3.14. The zero-order valence-corrected chi connectivity index (χ0v) is 12.2. The van der Waals surface area contributed by atoms with Gasteiger partial charge < -0.3 is 9.64 Å². The van der Waals surface area contributed by atoms with Gasteiger partial charge in [-0.05, 0) is 32.3 Å². The molecule has 0 aliphatic carbocycles. The molecule has 114 valence electrons. The van der Waals surface area contributed by atoms with E-state index in [0.29, 0.717) is 25.5 Å². The molecule has 0 N–H and O–H groups in total. The molecular weight excluding hydrogens is 274 g/mol. The molecule has 7 nitrogen and oxygen atoms in total. The molecule has 0 aromatic carbocycles. The largest absolute Gasteiger partial charge is 0.466 e. The summed E-state index contributed by atoms with van der Waals surface area (Å²) in [5, 5.41) is 11.2. The molecule has 1 aliphatic rings. The Morgan fingerprint density at radius 1 is 1.62 bits per heavy atom. The zero-order chi connectivity index (χ0) is 15.4. The van der Waals surface area contributed by atoms with Gasteiger partial charge in [0.05, 0.1) is 17.4 Å². The first kappa shape index (κ1) is 15.2. The summed E-state index contributed by atoms with van der Waals surface area (Å²) >= 11 is 0. The molecule has 0 spiro atoms. The van der Waals surface area contributed by atoms with Gasteiger partial charge in [0.1, 0.15) is 0 Å². The van der Waals surface area contributed by atoms with Crippen LogP contribution in [0.5, 0.6) is 0 Å². The van der Waals surface area contributed by atoms with Crippen molar-refractivity contribution in [3.05, 3.63) is 27.9 Å². The van der Waals surface area contributed by atoms with Gasteiger partial charge in [-0.3, -0.25) is 14.9 Å². The van der Waals surface area contributed by atoms with Crippen LogP contribution >= 0.6 is 0 Å². The van der Waals surface area contributed by atoms with Crippen LogP contribution in [0.3, 0.4) is 0 Å². The highest BCUT2D eigenvalue weighted by molar-refractivity contribution is 5.74. The predicted molar refractivity (Wildman–Crippen MR) is 77.2 cm³/mol. The smallest absolute Gasteiger partial charge is 0.311 e. The topological polar surface area (TPSA) is 85.6 Å².